The average Bonchev–Trinajstić information content (AvgIpc) is 2.70. The fourth-order valence-corrected chi connectivity index (χ4v) is 3.69. The highest BCUT2D eigenvalue weighted by Gasteiger charge is 2.41. The van der Waals surface area contributed by atoms with Gasteiger partial charge in [0.15, 0.2) is 0 Å². The first-order chi connectivity index (χ1) is 13.1. The maximum absolute atomic E-state index is 13.2. The van der Waals surface area contributed by atoms with E-state index in [4.69, 9.17) is 0 Å². The molecule has 142 valence electrons. The minimum atomic E-state index is -0.544. The van der Waals surface area contributed by atoms with E-state index in [1.807, 2.05) is 67.6 Å². The number of amides is 2. The van der Waals surface area contributed by atoms with Crippen molar-refractivity contribution < 1.29 is 14.7 Å². The molecule has 0 radical (unpaired) electrons. The molecule has 0 bridgehead atoms. The summed E-state index contributed by atoms with van der Waals surface area (Å²) in [7, 11) is 0. The summed E-state index contributed by atoms with van der Waals surface area (Å²) in [6, 6.07) is 18.7. The molecular formula is C22H26N2O3. The number of piperazine rings is 1. The zero-order valence-electron chi connectivity index (χ0n) is 15.6. The predicted octanol–water partition coefficient (Wildman–Crippen LogP) is 2.76. The Labute approximate surface area is 160 Å². The molecule has 3 rings (SSSR count). The van der Waals surface area contributed by atoms with Gasteiger partial charge >= 0.3 is 0 Å². The predicted molar refractivity (Wildman–Crippen MR) is 104 cm³/mol. The summed E-state index contributed by atoms with van der Waals surface area (Å²) in [6.45, 7) is 2.47. The van der Waals surface area contributed by atoms with Gasteiger partial charge in [-0.1, -0.05) is 60.7 Å². The second-order valence-corrected chi connectivity index (χ2v) is 6.95. The number of benzene rings is 2. The minimum absolute atomic E-state index is 0.00418. The highest BCUT2D eigenvalue weighted by molar-refractivity contribution is 5.95. The van der Waals surface area contributed by atoms with E-state index in [1.165, 1.54) is 0 Å². The van der Waals surface area contributed by atoms with Crippen molar-refractivity contribution in [2.75, 3.05) is 13.2 Å². The van der Waals surface area contributed by atoms with Gasteiger partial charge in [-0.15, -0.1) is 0 Å². The van der Waals surface area contributed by atoms with Gasteiger partial charge in [0.1, 0.15) is 12.6 Å². The van der Waals surface area contributed by atoms with E-state index >= 15 is 0 Å². The molecule has 0 aromatic heterocycles. The number of aliphatic hydroxyl groups is 1. The molecule has 5 nitrogen and oxygen atoms in total. The number of nitrogens with zero attached hydrogens (tertiary/aromatic N) is 2. The molecule has 0 saturated carbocycles. The monoisotopic (exact) mass is 366 g/mol. The highest BCUT2D eigenvalue weighted by atomic mass is 16.3. The second-order valence-electron chi connectivity index (χ2n) is 6.95. The molecular weight excluding hydrogens is 340 g/mol. The fourth-order valence-electron chi connectivity index (χ4n) is 3.69. The minimum Gasteiger partial charge on any atom is -0.396 e. The van der Waals surface area contributed by atoms with Gasteiger partial charge in [0.25, 0.3) is 0 Å². The summed E-state index contributed by atoms with van der Waals surface area (Å²) in [5.74, 6) is -0.0977. The summed E-state index contributed by atoms with van der Waals surface area (Å²) in [4.78, 5) is 29.5. The highest BCUT2D eigenvalue weighted by Crippen LogP contribution is 2.29. The smallest absolute Gasteiger partial charge is 0.246 e. The van der Waals surface area contributed by atoms with Crippen molar-refractivity contribution in [3.05, 3.63) is 71.8 Å². The normalized spacial score (nSPS) is 18.7. The Kier molecular flexibility index (Phi) is 6.24. The summed E-state index contributed by atoms with van der Waals surface area (Å²) < 4.78 is 0. The number of carbonyl (C=O) groups excluding carboxylic acids is 2. The van der Waals surface area contributed by atoms with E-state index in [0.29, 0.717) is 19.4 Å². The first-order valence-corrected chi connectivity index (χ1v) is 9.41. The lowest BCUT2D eigenvalue weighted by molar-refractivity contribution is -0.159. The van der Waals surface area contributed by atoms with E-state index in [2.05, 4.69) is 0 Å². The Morgan fingerprint density at radius 1 is 1.04 bits per heavy atom. The second kappa shape index (κ2) is 8.82. The Hall–Kier alpha value is -2.66. The molecule has 1 aliphatic rings. The number of hydrogen-bond donors (Lipinski definition) is 1. The third kappa shape index (κ3) is 4.37. The zero-order chi connectivity index (χ0) is 19.2. The molecule has 0 aliphatic carbocycles. The standard InChI is InChI=1S/C22H26N2O3/c1-17(19-11-6-3-7-12-19)24-20(13-8-14-25)22(27)23(16-21(24)26)15-18-9-4-2-5-10-18/h2-7,9-12,17,20,25H,8,13-16H2,1H3/t17-,20?/m0/s1. The Morgan fingerprint density at radius 3 is 2.30 bits per heavy atom. The maximum Gasteiger partial charge on any atom is 0.246 e. The van der Waals surface area contributed by atoms with Crippen LogP contribution >= 0.6 is 0 Å². The van der Waals surface area contributed by atoms with Crippen molar-refractivity contribution in [2.24, 2.45) is 0 Å². The molecule has 2 aromatic rings. The van der Waals surface area contributed by atoms with Crippen LogP contribution in [0, 0.1) is 0 Å². The number of carbonyl (C=O) groups is 2. The molecule has 0 spiro atoms. The van der Waals surface area contributed by atoms with Gasteiger partial charge in [0.05, 0.1) is 6.04 Å². The molecule has 1 saturated heterocycles. The summed E-state index contributed by atoms with van der Waals surface area (Å²) in [6.07, 6.45) is 0.949. The molecule has 1 unspecified atom stereocenters. The van der Waals surface area contributed by atoms with E-state index < -0.39 is 6.04 Å². The van der Waals surface area contributed by atoms with Gasteiger partial charge in [-0.2, -0.15) is 0 Å². The van der Waals surface area contributed by atoms with Crippen LogP contribution in [0.5, 0.6) is 0 Å². The number of aliphatic hydroxyl groups excluding tert-OH is 1. The van der Waals surface area contributed by atoms with Crippen molar-refractivity contribution >= 4 is 11.8 Å². The fraction of sp³-hybridized carbons (Fsp3) is 0.364. The van der Waals surface area contributed by atoms with Gasteiger partial charge in [0, 0.05) is 13.2 Å². The Morgan fingerprint density at radius 2 is 1.67 bits per heavy atom. The van der Waals surface area contributed by atoms with Crippen LogP contribution in [0.4, 0.5) is 0 Å². The number of rotatable bonds is 7. The number of hydrogen-bond acceptors (Lipinski definition) is 3. The average molecular weight is 366 g/mol. The quantitative estimate of drug-likeness (QED) is 0.820. The van der Waals surface area contributed by atoms with Crippen LogP contribution in [0.2, 0.25) is 0 Å². The lowest BCUT2D eigenvalue weighted by Gasteiger charge is -2.43. The van der Waals surface area contributed by atoms with E-state index in [-0.39, 0.29) is 31.0 Å². The van der Waals surface area contributed by atoms with Crippen molar-refractivity contribution in [1.29, 1.82) is 0 Å². The summed E-state index contributed by atoms with van der Waals surface area (Å²) in [5.41, 5.74) is 2.01. The molecule has 1 N–H and O–H groups in total. The van der Waals surface area contributed by atoms with Crippen LogP contribution in [0.1, 0.15) is 36.9 Å². The van der Waals surface area contributed by atoms with Crippen LogP contribution in [0.15, 0.2) is 60.7 Å². The molecule has 2 atom stereocenters. The summed E-state index contributed by atoms with van der Waals surface area (Å²) >= 11 is 0. The van der Waals surface area contributed by atoms with Gasteiger partial charge < -0.3 is 14.9 Å². The zero-order valence-corrected chi connectivity index (χ0v) is 15.6. The van der Waals surface area contributed by atoms with Crippen LogP contribution in [-0.2, 0) is 16.1 Å². The van der Waals surface area contributed by atoms with Crippen LogP contribution in [0.25, 0.3) is 0 Å². The first-order valence-electron chi connectivity index (χ1n) is 9.41. The summed E-state index contributed by atoms with van der Waals surface area (Å²) in [5, 5.41) is 9.26. The van der Waals surface area contributed by atoms with E-state index in [9.17, 15) is 14.7 Å². The molecule has 27 heavy (non-hydrogen) atoms. The molecule has 2 amide bonds. The topological polar surface area (TPSA) is 60.9 Å². The van der Waals surface area contributed by atoms with Gasteiger partial charge in [0.2, 0.25) is 11.8 Å². The van der Waals surface area contributed by atoms with Crippen molar-refractivity contribution in [2.45, 2.75) is 38.4 Å². The van der Waals surface area contributed by atoms with Crippen LogP contribution < -0.4 is 0 Å². The molecule has 2 aromatic carbocycles. The van der Waals surface area contributed by atoms with Gasteiger partial charge in [-0.25, -0.2) is 0 Å². The third-order valence-electron chi connectivity index (χ3n) is 5.10. The first kappa shape index (κ1) is 19.1. The Balaban J connectivity index is 1.84. The molecule has 5 heteroatoms. The third-order valence-corrected chi connectivity index (χ3v) is 5.10. The van der Waals surface area contributed by atoms with E-state index in [1.54, 1.807) is 9.80 Å². The van der Waals surface area contributed by atoms with Crippen molar-refractivity contribution in [1.82, 2.24) is 9.80 Å². The lowest BCUT2D eigenvalue weighted by atomic mass is 9.98. The molecule has 1 aliphatic heterocycles. The maximum atomic E-state index is 13.2. The van der Waals surface area contributed by atoms with Gasteiger partial charge in [-0.3, -0.25) is 9.59 Å². The van der Waals surface area contributed by atoms with Crippen LogP contribution in [-0.4, -0.2) is 45.9 Å². The SMILES string of the molecule is C[C@@H](c1ccccc1)N1C(=O)CN(Cc2ccccc2)C(=O)C1CCCO. The van der Waals surface area contributed by atoms with E-state index in [0.717, 1.165) is 11.1 Å². The Bertz CT molecular complexity index is 764. The van der Waals surface area contributed by atoms with Crippen LogP contribution in [0.3, 0.4) is 0 Å². The van der Waals surface area contributed by atoms with Crippen molar-refractivity contribution in [3.63, 3.8) is 0 Å². The van der Waals surface area contributed by atoms with Gasteiger partial charge in [-0.05, 0) is 30.9 Å². The molecule has 1 fully saturated rings. The largest absolute Gasteiger partial charge is 0.396 e. The molecule has 1 heterocycles. The lowest BCUT2D eigenvalue weighted by Crippen LogP contribution is -2.60. The van der Waals surface area contributed by atoms with Crippen molar-refractivity contribution in [3.8, 4) is 0 Å².